The van der Waals surface area contributed by atoms with Gasteiger partial charge in [-0.25, -0.2) is 0 Å². The molecule has 0 bridgehead atoms. The standard InChI is InChI=1S/C7H12N2OS/c1-11-5-4-9-7-3-2-6(8)10-7/h2-3,9H,4-5,8H2,1H3. The van der Waals surface area contributed by atoms with Crippen LogP contribution in [0.15, 0.2) is 16.5 Å². The van der Waals surface area contributed by atoms with E-state index in [0.29, 0.717) is 5.88 Å². The summed E-state index contributed by atoms with van der Waals surface area (Å²) in [6.45, 7) is 0.911. The lowest BCUT2D eigenvalue weighted by Gasteiger charge is -1.98. The van der Waals surface area contributed by atoms with Gasteiger partial charge in [-0.2, -0.15) is 11.8 Å². The lowest BCUT2D eigenvalue weighted by Crippen LogP contribution is -2.02. The van der Waals surface area contributed by atoms with Gasteiger partial charge in [0.1, 0.15) is 0 Å². The van der Waals surface area contributed by atoms with E-state index in [0.717, 1.165) is 18.2 Å². The Hall–Kier alpha value is -0.770. The van der Waals surface area contributed by atoms with Crippen LogP contribution in [0, 0.1) is 0 Å². The maximum absolute atomic E-state index is 5.37. The average Bonchev–Trinajstić information content (AvgIpc) is 2.37. The van der Waals surface area contributed by atoms with Crippen molar-refractivity contribution >= 4 is 23.5 Å². The van der Waals surface area contributed by atoms with E-state index in [1.165, 1.54) is 0 Å². The van der Waals surface area contributed by atoms with E-state index in [1.807, 2.05) is 6.07 Å². The SMILES string of the molecule is CSCCNc1ccc(N)o1. The quantitative estimate of drug-likeness (QED) is 0.678. The largest absolute Gasteiger partial charge is 0.426 e. The van der Waals surface area contributed by atoms with Crippen LogP contribution in [0.3, 0.4) is 0 Å². The number of nitrogens with one attached hydrogen (secondary N) is 1. The Morgan fingerprint density at radius 2 is 2.45 bits per heavy atom. The van der Waals surface area contributed by atoms with Gasteiger partial charge in [0.05, 0.1) is 0 Å². The smallest absolute Gasteiger partial charge is 0.195 e. The lowest BCUT2D eigenvalue weighted by molar-refractivity contribution is 0.600. The zero-order valence-corrected chi connectivity index (χ0v) is 7.28. The first-order valence-electron chi connectivity index (χ1n) is 3.41. The number of furan rings is 1. The Bertz CT molecular complexity index is 212. The molecule has 0 fully saturated rings. The van der Waals surface area contributed by atoms with Crippen LogP contribution >= 0.6 is 11.8 Å². The van der Waals surface area contributed by atoms with Crippen molar-refractivity contribution in [3.05, 3.63) is 12.1 Å². The van der Waals surface area contributed by atoms with Crippen molar-refractivity contribution in [1.29, 1.82) is 0 Å². The average molecular weight is 172 g/mol. The van der Waals surface area contributed by atoms with Crippen molar-refractivity contribution in [2.45, 2.75) is 0 Å². The number of hydrogen-bond donors (Lipinski definition) is 2. The number of anilines is 2. The lowest BCUT2D eigenvalue weighted by atomic mass is 10.6. The third-order valence-electron chi connectivity index (χ3n) is 1.23. The molecule has 1 aromatic heterocycles. The Morgan fingerprint density at radius 1 is 1.64 bits per heavy atom. The van der Waals surface area contributed by atoms with Gasteiger partial charge in [-0.1, -0.05) is 0 Å². The molecule has 62 valence electrons. The summed E-state index contributed by atoms with van der Waals surface area (Å²) in [5.74, 6) is 2.27. The van der Waals surface area contributed by atoms with Gasteiger partial charge in [0.25, 0.3) is 0 Å². The van der Waals surface area contributed by atoms with Crippen molar-refractivity contribution in [3.8, 4) is 0 Å². The van der Waals surface area contributed by atoms with Gasteiger partial charge in [0.2, 0.25) is 0 Å². The van der Waals surface area contributed by atoms with Crippen LogP contribution < -0.4 is 11.1 Å². The molecule has 3 nitrogen and oxygen atoms in total. The monoisotopic (exact) mass is 172 g/mol. The van der Waals surface area contributed by atoms with E-state index < -0.39 is 0 Å². The predicted molar refractivity (Wildman–Crippen MR) is 50.0 cm³/mol. The molecule has 0 aromatic carbocycles. The molecule has 11 heavy (non-hydrogen) atoms. The Labute approximate surface area is 70.3 Å². The van der Waals surface area contributed by atoms with Crippen molar-refractivity contribution in [2.75, 3.05) is 29.6 Å². The molecule has 0 aliphatic carbocycles. The van der Waals surface area contributed by atoms with Crippen molar-refractivity contribution in [1.82, 2.24) is 0 Å². The summed E-state index contributed by atoms with van der Waals surface area (Å²) >= 11 is 1.79. The molecule has 0 unspecified atom stereocenters. The maximum atomic E-state index is 5.37. The van der Waals surface area contributed by atoms with Crippen molar-refractivity contribution in [3.63, 3.8) is 0 Å². The number of nitrogens with two attached hydrogens (primary N) is 1. The van der Waals surface area contributed by atoms with Gasteiger partial charge >= 0.3 is 0 Å². The summed E-state index contributed by atoms with van der Waals surface area (Å²) in [5.41, 5.74) is 5.37. The molecule has 4 heteroatoms. The van der Waals surface area contributed by atoms with E-state index in [2.05, 4.69) is 11.6 Å². The second-order valence-corrected chi connectivity index (χ2v) is 3.11. The molecule has 1 heterocycles. The highest BCUT2D eigenvalue weighted by Crippen LogP contribution is 2.13. The minimum absolute atomic E-state index is 0.455. The van der Waals surface area contributed by atoms with Crippen molar-refractivity contribution in [2.24, 2.45) is 0 Å². The van der Waals surface area contributed by atoms with E-state index in [4.69, 9.17) is 10.2 Å². The summed E-state index contributed by atoms with van der Waals surface area (Å²) in [7, 11) is 0. The summed E-state index contributed by atoms with van der Waals surface area (Å²) in [4.78, 5) is 0. The van der Waals surface area contributed by atoms with Crippen LogP contribution in [0.2, 0.25) is 0 Å². The molecule has 1 rings (SSSR count). The summed E-state index contributed by atoms with van der Waals surface area (Å²) in [6, 6.07) is 3.57. The van der Waals surface area contributed by atoms with E-state index in [-0.39, 0.29) is 0 Å². The Kier molecular flexibility index (Phi) is 3.16. The van der Waals surface area contributed by atoms with Gasteiger partial charge in [-0.15, -0.1) is 0 Å². The van der Waals surface area contributed by atoms with Gasteiger partial charge < -0.3 is 15.5 Å². The molecule has 0 radical (unpaired) electrons. The van der Waals surface area contributed by atoms with Gasteiger partial charge in [0.15, 0.2) is 11.8 Å². The van der Waals surface area contributed by atoms with E-state index in [1.54, 1.807) is 17.8 Å². The van der Waals surface area contributed by atoms with Crippen molar-refractivity contribution < 1.29 is 4.42 Å². The predicted octanol–water partition coefficient (Wildman–Crippen LogP) is 1.64. The minimum atomic E-state index is 0.455. The maximum Gasteiger partial charge on any atom is 0.195 e. The molecule has 0 saturated heterocycles. The zero-order valence-electron chi connectivity index (χ0n) is 6.46. The second kappa shape index (κ2) is 4.18. The molecule has 0 aliphatic rings. The molecule has 0 aliphatic heterocycles. The minimum Gasteiger partial charge on any atom is -0.426 e. The van der Waals surface area contributed by atoms with Gasteiger partial charge in [-0.05, 0) is 6.26 Å². The Balaban J connectivity index is 2.27. The third-order valence-corrected chi connectivity index (χ3v) is 1.84. The first-order chi connectivity index (χ1) is 5.33. The molecule has 1 aromatic rings. The molecule has 3 N–H and O–H groups in total. The highest BCUT2D eigenvalue weighted by Gasteiger charge is 1.95. The van der Waals surface area contributed by atoms with Crippen LogP contribution in [0.25, 0.3) is 0 Å². The van der Waals surface area contributed by atoms with Gasteiger partial charge in [-0.3, -0.25) is 0 Å². The molecule has 0 atom stereocenters. The third kappa shape index (κ3) is 2.76. The van der Waals surface area contributed by atoms with Gasteiger partial charge in [0, 0.05) is 24.4 Å². The van der Waals surface area contributed by atoms with Crippen LogP contribution in [-0.4, -0.2) is 18.6 Å². The Morgan fingerprint density at radius 3 is 3.00 bits per heavy atom. The molecular formula is C7H12N2OS. The first kappa shape index (κ1) is 8.33. The fraction of sp³-hybridized carbons (Fsp3) is 0.429. The van der Waals surface area contributed by atoms with Crippen LogP contribution in [-0.2, 0) is 0 Å². The van der Waals surface area contributed by atoms with Crippen LogP contribution in [0.5, 0.6) is 0 Å². The van der Waals surface area contributed by atoms with E-state index >= 15 is 0 Å². The molecule has 0 saturated carbocycles. The van der Waals surface area contributed by atoms with E-state index in [9.17, 15) is 0 Å². The number of hydrogen-bond acceptors (Lipinski definition) is 4. The molecular weight excluding hydrogens is 160 g/mol. The van der Waals surface area contributed by atoms with Crippen LogP contribution in [0.1, 0.15) is 0 Å². The summed E-state index contributed by atoms with van der Waals surface area (Å²) in [5, 5.41) is 3.10. The topological polar surface area (TPSA) is 51.2 Å². The summed E-state index contributed by atoms with van der Waals surface area (Å²) in [6.07, 6.45) is 2.07. The fourth-order valence-corrected chi connectivity index (χ4v) is 1.03. The molecule has 0 amide bonds. The van der Waals surface area contributed by atoms with Crippen LogP contribution in [0.4, 0.5) is 11.8 Å². The highest BCUT2D eigenvalue weighted by molar-refractivity contribution is 7.98. The fourth-order valence-electron chi connectivity index (χ4n) is 0.724. The molecule has 0 spiro atoms. The second-order valence-electron chi connectivity index (χ2n) is 2.12. The zero-order chi connectivity index (χ0) is 8.10. The number of rotatable bonds is 4. The normalized spacial score (nSPS) is 9.91. The number of nitrogen functional groups attached to an aromatic ring is 1. The first-order valence-corrected chi connectivity index (χ1v) is 4.80. The number of thioether (sulfide) groups is 1. The highest BCUT2D eigenvalue weighted by atomic mass is 32.2. The summed E-state index contributed by atoms with van der Waals surface area (Å²) < 4.78 is 5.09.